The fourth-order valence-electron chi connectivity index (χ4n) is 4.44. The summed E-state index contributed by atoms with van der Waals surface area (Å²) in [4.78, 5) is 11.9. The molecule has 0 radical (unpaired) electrons. The number of ether oxygens (including phenoxy) is 2. The summed E-state index contributed by atoms with van der Waals surface area (Å²) in [6, 6.07) is 18.3. The highest BCUT2D eigenvalue weighted by atomic mass is 32.1. The van der Waals surface area contributed by atoms with Crippen molar-refractivity contribution in [1.82, 2.24) is 0 Å². The monoisotopic (exact) mass is 474 g/mol. The molecule has 1 aliphatic rings. The number of thiophene rings is 1. The topological polar surface area (TPSA) is 55.8 Å². The van der Waals surface area contributed by atoms with Crippen LogP contribution in [0.3, 0.4) is 0 Å². The maximum absolute atomic E-state index is 13.8. The van der Waals surface area contributed by atoms with Crippen molar-refractivity contribution < 1.29 is 23.8 Å². The molecule has 172 valence electrons. The fraction of sp³-hybridized carbons (Fsp3) is 0.179. The Morgan fingerprint density at radius 2 is 1.79 bits per heavy atom. The molecule has 5 rings (SSSR count). The Kier molecular flexibility index (Phi) is 5.62. The molecule has 0 spiro atoms. The second-order valence-corrected chi connectivity index (χ2v) is 9.56. The number of halogens is 1. The Morgan fingerprint density at radius 1 is 1.06 bits per heavy atom. The van der Waals surface area contributed by atoms with Crippen LogP contribution >= 0.6 is 11.3 Å². The van der Waals surface area contributed by atoms with Crippen molar-refractivity contribution >= 4 is 33.5 Å². The third kappa shape index (κ3) is 4.05. The van der Waals surface area contributed by atoms with Crippen molar-refractivity contribution in [2.75, 3.05) is 7.11 Å². The molecule has 1 heterocycles. The van der Waals surface area contributed by atoms with Crippen LogP contribution in [0.15, 0.2) is 66.7 Å². The van der Waals surface area contributed by atoms with Gasteiger partial charge in [0.1, 0.15) is 23.1 Å². The first-order chi connectivity index (χ1) is 16.4. The van der Waals surface area contributed by atoms with Crippen LogP contribution in [0.25, 0.3) is 16.2 Å². The lowest BCUT2D eigenvalue weighted by Crippen LogP contribution is -2.10. The second kappa shape index (κ2) is 8.61. The van der Waals surface area contributed by atoms with Gasteiger partial charge in [0, 0.05) is 21.6 Å². The molecular formula is C28H23FO4S. The van der Waals surface area contributed by atoms with Crippen LogP contribution in [-0.2, 0) is 10.2 Å². The van der Waals surface area contributed by atoms with E-state index in [1.807, 2.05) is 55.5 Å². The average molecular weight is 475 g/mol. The molecule has 0 aliphatic heterocycles. The first-order valence-corrected chi connectivity index (χ1v) is 11.8. The number of carboxylic acid groups (broad SMARTS) is 1. The van der Waals surface area contributed by atoms with Gasteiger partial charge < -0.3 is 14.6 Å². The summed E-state index contributed by atoms with van der Waals surface area (Å²) < 4.78 is 26.8. The highest BCUT2D eigenvalue weighted by molar-refractivity contribution is 7.19. The standard InChI is InChI=1S/C28H23FO4S/c1-17-15-19(29)6-11-23(17)28(13-14-28)27-26(22-10-9-21(32-2)16-24(22)34-27)33-20-7-3-18(4-8-20)5-12-25(30)31/h3-12,15-16H,13-14H2,1-2H3,(H,30,31)/b12-5+. The van der Waals surface area contributed by atoms with Gasteiger partial charge >= 0.3 is 5.97 Å². The first-order valence-electron chi connectivity index (χ1n) is 11.0. The van der Waals surface area contributed by atoms with Crippen LogP contribution in [0.4, 0.5) is 4.39 Å². The van der Waals surface area contributed by atoms with Crippen molar-refractivity contribution in [2.45, 2.75) is 25.2 Å². The minimum atomic E-state index is -0.990. The maximum Gasteiger partial charge on any atom is 0.328 e. The quantitative estimate of drug-likeness (QED) is 0.285. The molecular weight excluding hydrogens is 451 g/mol. The molecule has 0 atom stereocenters. The Balaban J connectivity index is 1.59. The molecule has 6 heteroatoms. The summed E-state index contributed by atoms with van der Waals surface area (Å²) in [7, 11) is 1.65. The number of carbonyl (C=O) groups is 1. The summed E-state index contributed by atoms with van der Waals surface area (Å²) in [5.74, 6) is 1.03. The van der Waals surface area contributed by atoms with Crippen molar-refractivity contribution in [3.63, 3.8) is 0 Å². The van der Waals surface area contributed by atoms with E-state index in [0.29, 0.717) is 5.75 Å². The van der Waals surface area contributed by atoms with Gasteiger partial charge in [-0.15, -0.1) is 11.3 Å². The lowest BCUT2D eigenvalue weighted by atomic mass is 9.89. The van der Waals surface area contributed by atoms with E-state index >= 15 is 0 Å². The number of carboxylic acids is 1. The molecule has 1 saturated carbocycles. The Labute approximate surface area is 200 Å². The number of hydrogen-bond acceptors (Lipinski definition) is 4. The van der Waals surface area contributed by atoms with Crippen molar-refractivity contribution in [1.29, 1.82) is 0 Å². The Bertz CT molecular complexity index is 1410. The number of hydrogen-bond donors (Lipinski definition) is 1. The lowest BCUT2D eigenvalue weighted by Gasteiger charge is -2.19. The van der Waals surface area contributed by atoms with E-state index in [1.54, 1.807) is 30.6 Å². The van der Waals surface area contributed by atoms with Crippen molar-refractivity contribution in [2.24, 2.45) is 0 Å². The van der Waals surface area contributed by atoms with E-state index in [-0.39, 0.29) is 11.2 Å². The van der Waals surface area contributed by atoms with Crippen molar-refractivity contribution in [3.05, 3.63) is 94.1 Å². The molecule has 0 unspecified atom stereocenters. The molecule has 1 N–H and O–H groups in total. The van der Waals surface area contributed by atoms with Gasteiger partial charge in [-0.2, -0.15) is 0 Å². The lowest BCUT2D eigenvalue weighted by molar-refractivity contribution is -0.131. The van der Waals surface area contributed by atoms with Gasteiger partial charge in [0.2, 0.25) is 0 Å². The number of benzene rings is 3. The van der Waals surface area contributed by atoms with Crippen molar-refractivity contribution in [3.8, 4) is 17.2 Å². The van der Waals surface area contributed by atoms with E-state index < -0.39 is 5.97 Å². The number of aryl methyl sites for hydroxylation is 1. The molecule has 4 aromatic rings. The second-order valence-electron chi connectivity index (χ2n) is 8.51. The van der Waals surface area contributed by atoms with Gasteiger partial charge in [-0.05, 0) is 85.0 Å². The van der Waals surface area contributed by atoms with Crippen LogP contribution in [0.5, 0.6) is 17.2 Å². The normalized spacial score (nSPS) is 14.4. The van der Waals surface area contributed by atoms with E-state index in [1.165, 1.54) is 6.07 Å². The minimum absolute atomic E-state index is 0.200. The summed E-state index contributed by atoms with van der Waals surface area (Å²) in [6.45, 7) is 1.96. The number of fused-ring (bicyclic) bond motifs is 1. The van der Waals surface area contributed by atoms with Gasteiger partial charge in [-0.1, -0.05) is 18.2 Å². The molecule has 0 amide bonds. The highest BCUT2D eigenvalue weighted by Crippen LogP contribution is 2.61. The van der Waals surface area contributed by atoms with Gasteiger partial charge in [0.05, 0.1) is 12.0 Å². The molecule has 1 aliphatic carbocycles. The van der Waals surface area contributed by atoms with E-state index in [9.17, 15) is 9.18 Å². The van der Waals surface area contributed by atoms with Gasteiger partial charge in [0.15, 0.2) is 0 Å². The number of aliphatic carboxylic acids is 1. The molecule has 4 nitrogen and oxygen atoms in total. The average Bonchev–Trinajstić information content (AvgIpc) is 3.54. The fourth-order valence-corrected chi connectivity index (χ4v) is 5.86. The van der Waals surface area contributed by atoms with Crippen LogP contribution < -0.4 is 9.47 Å². The third-order valence-electron chi connectivity index (χ3n) is 6.26. The third-order valence-corrected chi connectivity index (χ3v) is 7.60. The van der Waals surface area contributed by atoms with Crippen LogP contribution in [0.1, 0.15) is 34.4 Å². The zero-order valence-electron chi connectivity index (χ0n) is 18.8. The SMILES string of the molecule is COc1ccc2c(Oc3ccc(/C=C/C(=O)O)cc3)c(C3(c4ccc(F)cc4C)CC3)sc2c1. The Hall–Kier alpha value is -3.64. The zero-order chi connectivity index (χ0) is 23.9. The van der Waals surface area contributed by atoms with Gasteiger partial charge in [-0.25, -0.2) is 9.18 Å². The summed E-state index contributed by atoms with van der Waals surface area (Å²) in [5.41, 5.74) is 2.64. The van der Waals surface area contributed by atoms with E-state index in [4.69, 9.17) is 14.6 Å². The largest absolute Gasteiger partial charge is 0.497 e. The maximum atomic E-state index is 13.8. The highest BCUT2D eigenvalue weighted by Gasteiger charge is 2.50. The van der Waals surface area contributed by atoms with Crippen LogP contribution in [0, 0.1) is 12.7 Å². The summed E-state index contributed by atoms with van der Waals surface area (Å²) >= 11 is 1.69. The minimum Gasteiger partial charge on any atom is -0.497 e. The number of rotatable bonds is 7. The van der Waals surface area contributed by atoms with Gasteiger partial charge in [0.25, 0.3) is 0 Å². The zero-order valence-corrected chi connectivity index (χ0v) is 19.6. The molecule has 3 aromatic carbocycles. The molecule has 1 fully saturated rings. The predicted octanol–water partition coefficient (Wildman–Crippen LogP) is 7.33. The van der Waals surface area contributed by atoms with E-state index in [2.05, 4.69) is 0 Å². The van der Waals surface area contributed by atoms with E-state index in [0.717, 1.165) is 62.1 Å². The number of methoxy groups -OCH3 is 1. The van der Waals surface area contributed by atoms with Crippen LogP contribution in [-0.4, -0.2) is 18.2 Å². The molecule has 34 heavy (non-hydrogen) atoms. The molecule has 1 aromatic heterocycles. The molecule has 0 saturated heterocycles. The summed E-state index contributed by atoms with van der Waals surface area (Å²) in [6.07, 6.45) is 4.59. The first kappa shape index (κ1) is 22.2. The summed E-state index contributed by atoms with van der Waals surface area (Å²) in [5, 5.41) is 9.84. The molecule has 0 bridgehead atoms. The smallest absolute Gasteiger partial charge is 0.328 e. The van der Waals surface area contributed by atoms with Crippen LogP contribution in [0.2, 0.25) is 0 Å². The van der Waals surface area contributed by atoms with Gasteiger partial charge in [-0.3, -0.25) is 0 Å². The predicted molar refractivity (Wildman–Crippen MR) is 133 cm³/mol. The Morgan fingerprint density at radius 3 is 2.44 bits per heavy atom.